The van der Waals surface area contributed by atoms with Gasteiger partial charge < -0.3 is 15.1 Å². The molecule has 0 unspecified atom stereocenters. The van der Waals surface area contributed by atoms with Crippen LogP contribution in [0.3, 0.4) is 0 Å². The molecule has 20 heavy (non-hydrogen) atoms. The summed E-state index contributed by atoms with van der Waals surface area (Å²) >= 11 is 0. The highest BCUT2D eigenvalue weighted by Gasteiger charge is 2.36. The van der Waals surface area contributed by atoms with Gasteiger partial charge in [0.15, 0.2) is 0 Å². The average Bonchev–Trinajstić information content (AvgIpc) is 2.38. The smallest absolute Gasteiger partial charge is 0.416 e. The maximum atomic E-state index is 12.5. The molecule has 1 aromatic carbocycles. The lowest BCUT2D eigenvalue weighted by Gasteiger charge is -2.37. The van der Waals surface area contributed by atoms with Gasteiger partial charge in [0.05, 0.1) is 11.2 Å². The number of carbonyl (C=O) groups is 1. The highest BCUT2D eigenvalue weighted by molar-refractivity contribution is 5.65. The van der Waals surface area contributed by atoms with Gasteiger partial charge in [0, 0.05) is 13.1 Å². The number of rotatable bonds is 1. The van der Waals surface area contributed by atoms with E-state index in [0.29, 0.717) is 5.56 Å². The van der Waals surface area contributed by atoms with Crippen LogP contribution in [0.25, 0.3) is 0 Å². The van der Waals surface area contributed by atoms with Crippen molar-refractivity contribution >= 4 is 6.09 Å². The van der Waals surface area contributed by atoms with Gasteiger partial charge in [-0.15, -0.1) is 0 Å². The molecule has 1 heterocycles. The fourth-order valence-electron chi connectivity index (χ4n) is 2.33. The van der Waals surface area contributed by atoms with Crippen molar-refractivity contribution in [2.45, 2.75) is 24.6 Å². The maximum Gasteiger partial charge on any atom is 0.416 e. The van der Waals surface area contributed by atoms with Gasteiger partial charge in [0.2, 0.25) is 0 Å². The number of hydrogen-bond acceptors (Lipinski definition) is 2. The Balaban J connectivity index is 2.14. The number of alkyl halides is 3. The van der Waals surface area contributed by atoms with Gasteiger partial charge in [-0.1, -0.05) is 12.1 Å². The predicted molar refractivity (Wildman–Crippen MR) is 64.2 cm³/mol. The van der Waals surface area contributed by atoms with Crippen molar-refractivity contribution in [1.82, 2.24) is 4.90 Å². The Kier molecular flexibility index (Phi) is 3.64. The second kappa shape index (κ2) is 4.97. The van der Waals surface area contributed by atoms with Crippen LogP contribution in [0.1, 0.15) is 24.0 Å². The molecule has 0 aliphatic carbocycles. The molecular weight excluding hydrogens is 275 g/mol. The molecule has 1 aliphatic heterocycles. The third-order valence-corrected chi connectivity index (χ3v) is 3.61. The summed E-state index contributed by atoms with van der Waals surface area (Å²) in [6.07, 6.45) is -5.12. The van der Waals surface area contributed by atoms with Gasteiger partial charge in [-0.3, -0.25) is 0 Å². The molecule has 2 N–H and O–H groups in total. The summed E-state index contributed by atoms with van der Waals surface area (Å²) in [4.78, 5) is 12.0. The lowest BCUT2D eigenvalue weighted by atomic mass is 9.84. The summed E-state index contributed by atoms with van der Waals surface area (Å²) in [5, 5.41) is 19.3. The number of halogens is 3. The molecule has 1 amide bonds. The van der Waals surface area contributed by atoms with Crippen LogP contribution in [0.4, 0.5) is 18.0 Å². The Labute approximate surface area is 113 Å². The molecule has 4 nitrogen and oxygen atoms in total. The number of benzene rings is 1. The number of likely N-dealkylation sites (tertiary alicyclic amines) is 1. The number of hydrogen-bond donors (Lipinski definition) is 2. The van der Waals surface area contributed by atoms with E-state index in [1.165, 1.54) is 17.0 Å². The Morgan fingerprint density at radius 1 is 1.15 bits per heavy atom. The van der Waals surface area contributed by atoms with Gasteiger partial charge >= 0.3 is 12.3 Å². The molecule has 1 fully saturated rings. The lowest BCUT2D eigenvalue weighted by molar-refractivity contribution is -0.137. The molecule has 1 saturated heterocycles. The van der Waals surface area contributed by atoms with E-state index in [1.54, 1.807) is 0 Å². The molecule has 0 bridgehead atoms. The van der Waals surface area contributed by atoms with E-state index in [1.807, 2.05) is 0 Å². The summed E-state index contributed by atoms with van der Waals surface area (Å²) in [6.45, 7) is 0.319. The van der Waals surface area contributed by atoms with Crippen LogP contribution in [0.15, 0.2) is 24.3 Å². The van der Waals surface area contributed by atoms with Crippen molar-refractivity contribution in [2.24, 2.45) is 0 Å². The zero-order valence-electron chi connectivity index (χ0n) is 10.5. The largest absolute Gasteiger partial charge is 0.465 e. The number of amides is 1. The van der Waals surface area contributed by atoms with Crippen molar-refractivity contribution in [2.75, 3.05) is 13.1 Å². The molecule has 0 saturated carbocycles. The van der Waals surface area contributed by atoms with E-state index in [2.05, 4.69) is 0 Å². The molecule has 1 aliphatic rings. The zero-order valence-corrected chi connectivity index (χ0v) is 10.5. The minimum atomic E-state index is -4.41. The Bertz CT molecular complexity index is 491. The third kappa shape index (κ3) is 2.87. The highest BCUT2D eigenvalue weighted by atomic mass is 19.4. The number of carboxylic acid groups (broad SMARTS) is 1. The van der Waals surface area contributed by atoms with E-state index >= 15 is 0 Å². The second-order valence-electron chi connectivity index (χ2n) is 4.88. The number of nitrogens with zero attached hydrogens (tertiary/aromatic N) is 1. The summed E-state index contributed by atoms with van der Waals surface area (Å²) in [6, 6.07) is 4.35. The molecule has 0 atom stereocenters. The highest BCUT2D eigenvalue weighted by Crippen LogP contribution is 2.35. The fourth-order valence-corrected chi connectivity index (χ4v) is 2.33. The first kappa shape index (κ1) is 14.6. The number of piperidine rings is 1. The minimum Gasteiger partial charge on any atom is -0.465 e. The van der Waals surface area contributed by atoms with Gasteiger partial charge in [-0.25, -0.2) is 4.79 Å². The summed E-state index contributed by atoms with van der Waals surface area (Å²) in [7, 11) is 0. The normalized spacial score (nSPS) is 18.9. The molecule has 0 aromatic heterocycles. The fraction of sp³-hybridized carbons (Fsp3) is 0.462. The zero-order chi connectivity index (χ0) is 15.0. The maximum absolute atomic E-state index is 12.5. The topological polar surface area (TPSA) is 60.8 Å². The van der Waals surface area contributed by atoms with E-state index < -0.39 is 23.4 Å². The molecule has 7 heteroatoms. The van der Waals surface area contributed by atoms with Gasteiger partial charge in [-0.2, -0.15) is 13.2 Å². The summed E-state index contributed by atoms with van der Waals surface area (Å²) in [5.74, 6) is 0. The van der Waals surface area contributed by atoms with Crippen molar-refractivity contribution in [3.05, 3.63) is 35.4 Å². The van der Waals surface area contributed by atoms with Crippen molar-refractivity contribution in [3.63, 3.8) is 0 Å². The summed E-state index contributed by atoms with van der Waals surface area (Å²) in [5.41, 5.74) is -1.65. The van der Waals surface area contributed by atoms with Crippen LogP contribution in [0.2, 0.25) is 0 Å². The first-order chi connectivity index (χ1) is 9.22. The van der Waals surface area contributed by atoms with E-state index in [-0.39, 0.29) is 25.9 Å². The van der Waals surface area contributed by atoms with Crippen LogP contribution >= 0.6 is 0 Å². The van der Waals surface area contributed by atoms with E-state index in [4.69, 9.17) is 5.11 Å². The Morgan fingerprint density at radius 3 is 2.05 bits per heavy atom. The lowest BCUT2D eigenvalue weighted by Crippen LogP contribution is -2.44. The van der Waals surface area contributed by atoms with Crippen LogP contribution < -0.4 is 0 Å². The Hall–Kier alpha value is -1.76. The van der Waals surface area contributed by atoms with Crippen molar-refractivity contribution in [3.8, 4) is 0 Å². The van der Waals surface area contributed by atoms with Gasteiger partial charge in [0.1, 0.15) is 0 Å². The van der Waals surface area contributed by atoms with Gasteiger partial charge in [-0.05, 0) is 30.5 Å². The quantitative estimate of drug-likeness (QED) is 0.835. The second-order valence-corrected chi connectivity index (χ2v) is 4.88. The average molecular weight is 289 g/mol. The minimum absolute atomic E-state index is 0.160. The third-order valence-electron chi connectivity index (χ3n) is 3.61. The van der Waals surface area contributed by atoms with Crippen molar-refractivity contribution < 1.29 is 28.2 Å². The van der Waals surface area contributed by atoms with Crippen LogP contribution in [0.5, 0.6) is 0 Å². The SMILES string of the molecule is O=C(O)N1CCC(O)(c2ccc(C(F)(F)F)cc2)CC1. The molecule has 110 valence electrons. The summed E-state index contributed by atoms with van der Waals surface area (Å²) < 4.78 is 37.4. The Morgan fingerprint density at radius 2 is 1.65 bits per heavy atom. The van der Waals surface area contributed by atoms with Gasteiger partial charge in [0.25, 0.3) is 0 Å². The monoisotopic (exact) mass is 289 g/mol. The van der Waals surface area contributed by atoms with Crippen LogP contribution in [-0.2, 0) is 11.8 Å². The molecule has 0 spiro atoms. The molecule has 1 aromatic rings. The molecule has 0 radical (unpaired) electrons. The van der Waals surface area contributed by atoms with Crippen molar-refractivity contribution in [1.29, 1.82) is 0 Å². The van der Waals surface area contributed by atoms with Crippen LogP contribution in [-0.4, -0.2) is 34.3 Å². The van der Waals surface area contributed by atoms with E-state index in [0.717, 1.165) is 12.1 Å². The van der Waals surface area contributed by atoms with Crippen LogP contribution in [0, 0.1) is 0 Å². The first-order valence-electron chi connectivity index (χ1n) is 6.10. The standard InChI is InChI=1S/C13H14F3NO3/c14-13(15,16)10-3-1-9(2-4-10)12(20)5-7-17(8-6-12)11(18)19/h1-4,20H,5-8H2,(H,18,19). The number of aliphatic hydroxyl groups is 1. The van der Waals surface area contributed by atoms with E-state index in [9.17, 15) is 23.1 Å². The first-order valence-corrected chi connectivity index (χ1v) is 6.10. The molecule has 2 rings (SSSR count). The predicted octanol–water partition coefficient (Wildman–Crippen LogP) is 2.67. The molecular formula is C13H14F3NO3.